The number of hydrogen-bond acceptors (Lipinski definition) is 1. The van der Waals surface area contributed by atoms with Gasteiger partial charge in [-0.3, -0.25) is 0 Å². The molecule has 1 heteroatoms. The SMILES string of the molecule is CCOc1ccc(-c2ccc(C)cc2C)cc1C. The van der Waals surface area contributed by atoms with Gasteiger partial charge in [-0.05, 0) is 62.1 Å². The van der Waals surface area contributed by atoms with Gasteiger partial charge in [0.05, 0.1) is 6.61 Å². The van der Waals surface area contributed by atoms with Crippen molar-refractivity contribution in [3.8, 4) is 16.9 Å². The molecular formula is C17H20O. The predicted molar refractivity (Wildman–Crippen MR) is 77.3 cm³/mol. The molecule has 0 spiro atoms. The molecule has 0 atom stereocenters. The third-order valence-electron chi connectivity index (χ3n) is 3.17. The molecule has 94 valence electrons. The van der Waals surface area contributed by atoms with Crippen molar-refractivity contribution in [2.45, 2.75) is 27.7 Å². The first-order valence-electron chi connectivity index (χ1n) is 6.43. The predicted octanol–water partition coefficient (Wildman–Crippen LogP) is 4.68. The fourth-order valence-electron chi connectivity index (χ4n) is 2.27. The van der Waals surface area contributed by atoms with Crippen LogP contribution in [0.4, 0.5) is 0 Å². The molecule has 0 aliphatic carbocycles. The molecule has 2 rings (SSSR count). The molecule has 0 bridgehead atoms. The maximum Gasteiger partial charge on any atom is 0.122 e. The Balaban J connectivity index is 2.42. The Morgan fingerprint density at radius 1 is 0.889 bits per heavy atom. The Morgan fingerprint density at radius 2 is 1.67 bits per heavy atom. The highest BCUT2D eigenvalue weighted by molar-refractivity contribution is 5.69. The molecule has 1 nitrogen and oxygen atoms in total. The average molecular weight is 240 g/mol. The summed E-state index contributed by atoms with van der Waals surface area (Å²) in [5, 5.41) is 0. The highest BCUT2D eigenvalue weighted by atomic mass is 16.5. The zero-order valence-corrected chi connectivity index (χ0v) is 11.6. The zero-order chi connectivity index (χ0) is 13.1. The molecule has 18 heavy (non-hydrogen) atoms. The Hall–Kier alpha value is -1.76. The van der Waals surface area contributed by atoms with Crippen LogP contribution in [0.1, 0.15) is 23.6 Å². The summed E-state index contributed by atoms with van der Waals surface area (Å²) in [5.41, 5.74) is 6.37. The Labute approximate surface area is 109 Å². The van der Waals surface area contributed by atoms with E-state index in [2.05, 4.69) is 57.2 Å². The van der Waals surface area contributed by atoms with Crippen LogP contribution in [-0.2, 0) is 0 Å². The van der Waals surface area contributed by atoms with Gasteiger partial charge in [0.15, 0.2) is 0 Å². The molecule has 0 fully saturated rings. The van der Waals surface area contributed by atoms with Crippen LogP contribution in [0.5, 0.6) is 5.75 Å². The first-order valence-corrected chi connectivity index (χ1v) is 6.43. The van der Waals surface area contributed by atoms with Crippen LogP contribution in [0.3, 0.4) is 0 Å². The maximum absolute atomic E-state index is 5.58. The van der Waals surface area contributed by atoms with Crippen LogP contribution >= 0.6 is 0 Å². The first kappa shape index (κ1) is 12.7. The second kappa shape index (κ2) is 5.26. The number of benzene rings is 2. The maximum atomic E-state index is 5.58. The lowest BCUT2D eigenvalue weighted by atomic mass is 9.97. The van der Waals surface area contributed by atoms with Gasteiger partial charge >= 0.3 is 0 Å². The van der Waals surface area contributed by atoms with Crippen molar-refractivity contribution in [3.05, 3.63) is 53.1 Å². The second-order valence-corrected chi connectivity index (χ2v) is 4.73. The highest BCUT2D eigenvalue weighted by Gasteiger charge is 2.05. The molecule has 0 amide bonds. The average Bonchev–Trinajstić information content (AvgIpc) is 2.32. The summed E-state index contributed by atoms with van der Waals surface area (Å²) >= 11 is 0. The molecule has 2 aromatic rings. The smallest absolute Gasteiger partial charge is 0.122 e. The van der Waals surface area contributed by atoms with E-state index in [-0.39, 0.29) is 0 Å². The summed E-state index contributed by atoms with van der Waals surface area (Å²) in [5.74, 6) is 0.978. The van der Waals surface area contributed by atoms with E-state index in [1.165, 1.54) is 27.8 Å². The molecular weight excluding hydrogens is 220 g/mol. The van der Waals surface area contributed by atoms with Crippen molar-refractivity contribution < 1.29 is 4.74 Å². The lowest BCUT2D eigenvalue weighted by Gasteiger charge is -2.11. The highest BCUT2D eigenvalue weighted by Crippen LogP contribution is 2.28. The topological polar surface area (TPSA) is 9.23 Å². The van der Waals surface area contributed by atoms with Crippen LogP contribution < -0.4 is 4.74 Å². The molecule has 0 aliphatic rings. The van der Waals surface area contributed by atoms with Gasteiger partial charge in [-0.25, -0.2) is 0 Å². The molecule has 0 unspecified atom stereocenters. The summed E-state index contributed by atoms with van der Waals surface area (Å²) in [6.45, 7) is 9.10. The van der Waals surface area contributed by atoms with Gasteiger partial charge in [0.1, 0.15) is 5.75 Å². The lowest BCUT2D eigenvalue weighted by molar-refractivity contribution is 0.338. The van der Waals surface area contributed by atoms with E-state index >= 15 is 0 Å². The zero-order valence-electron chi connectivity index (χ0n) is 11.6. The molecule has 0 aliphatic heterocycles. The van der Waals surface area contributed by atoms with Crippen molar-refractivity contribution in [3.63, 3.8) is 0 Å². The Morgan fingerprint density at radius 3 is 2.28 bits per heavy atom. The van der Waals surface area contributed by atoms with E-state index in [0.717, 1.165) is 5.75 Å². The van der Waals surface area contributed by atoms with Crippen LogP contribution in [0.25, 0.3) is 11.1 Å². The lowest BCUT2D eigenvalue weighted by Crippen LogP contribution is -1.94. The van der Waals surface area contributed by atoms with Gasteiger partial charge in [-0.15, -0.1) is 0 Å². The minimum absolute atomic E-state index is 0.712. The van der Waals surface area contributed by atoms with Gasteiger partial charge in [0, 0.05) is 0 Å². The van der Waals surface area contributed by atoms with Crippen molar-refractivity contribution in [1.82, 2.24) is 0 Å². The van der Waals surface area contributed by atoms with Gasteiger partial charge in [0.25, 0.3) is 0 Å². The standard InChI is InChI=1S/C17H20O/c1-5-18-17-9-7-15(11-14(17)4)16-8-6-12(2)10-13(16)3/h6-11H,5H2,1-4H3. The first-order chi connectivity index (χ1) is 8.61. The van der Waals surface area contributed by atoms with Crippen LogP contribution in [-0.4, -0.2) is 6.61 Å². The van der Waals surface area contributed by atoms with Crippen molar-refractivity contribution in [2.75, 3.05) is 6.61 Å². The summed E-state index contributed by atoms with van der Waals surface area (Å²) in [6.07, 6.45) is 0. The van der Waals surface area contributed by atoms with Gasteiger partial charge in [0.2, 0.25) is 0 Å². The quantitative estimate of drug-likeness (QED) is 0.757. The van der Waals surface area contributed by atoms with E-state index in [4.69, 9.17) is 4.74 Å². The van der Waals surface area contributed by atoms with E-state index in [0.29, 0.717) is 6.61 Å². The van der Waals surface area contributed by atoms with E-state index in [1.54, 1.807) is 0 Å². The third-order valence-corrected chi connectivity index (χ3v) is 3.17. The monoisotopic (exact) mass is 240 g/mol. The van der Waals surface area contributed by atoms with Crippen LogP contribution in [0, 0.1) is 20.8 Å². The van der Waals surface area contributed by atoms with E-state index in [9.17, 15) is 0 Å². The molecule has 0 heterocycles. The minimum Gasteiger partial charge on any atom is -0.494 e. The van der Waals surface area contributed by atoms with Gasteiger partial charge in [-0.2, -0.15) is 0 Å². The molecule has 0 saturated carbocycles. The van der Waals surface area contributed by atoms with Gasteiger partial charge in [-0.1, -0.05) is 29.8 Å². The molecule has 0 saturated heterocycles. The fourth-order valence-corrected chi connectivity index (χ4v) is 2.27. The van der Waals surface area contributed by atoms with Crippen LogP contribution in [0.15, 0.2) is 36.4 Å². The summed E-state index contributed by atoms with van der Waals surface area (Å²) < 4.78 is 5.58. The summed E-state index contributed by atoms with van der Waals surface area (Å²) in [7, 11) is 0. The number of aryl methyl sites for hydroxylation is 3. The summed E-state index contributed by atoms with van der Waals surface area (Å²) in [6, 6.07) is 13.0. The minimum atomic E-state index is 0.712. The van der Waals surface area contributed by atoms with Gasteiger partial charge < -0.3 is 4.74 Å². The van der Waals surface area contributed by atoms with E-state index < -0.39 is 0 Å². The second-order valence-electron chi connectivity index (χ2n) is 4.73. The third kappa shape index (κ3) is 2.56. The molecule has 2 aromatic carbocycles. The number of rotatable bonds is 3. The number of hydrogen-bond donors (Lipinski definition) is 0. The normalized spacial score (nSPS) is 10.4. The number of ether oxygens (including phenoxy) is 1. The molecule has 0 aromatic heterocycles. The molecule has 0 N–H and O–H groups in total. The Kier molecular flexibility index (Phi) is 3.71. The largest absolute Gasteiger partial charge is 0.494 e. The van der Waals surface area contributed by atoms with Crippen molar-refractivity contribution >= 4 is 0 Å². The molecule has 0 radical (unpaired) electrons. The van der Waals surface area contributed by atoms with E-state index in [1.807, 2.05) is 6.92 Å². The van der Waals surface area contributed by atoms with Crippen molar-refractivity contribution in [1.29, 1.82) is 0 Å². The summed E-state index contributed by atoms with van der Waals surface area (Å²) in [4.78, 5) is 0. The van der Waals surface area contributed by atoms with Crippen LogP contribution in [0.2, 0.25) is 0 Å². The van der Waals surface area contributed by atoms with Crippen molar-refractivity contribution in [2.24, 2.45) is 0 Å². The Bertz CT molecular complexity index is 556. The fraction of sp³-hybridized carbons (Fsp3) is 0.294.